The number of aromatic nitrogens is 1. The van der Waals surface area contributed by atoms with E-state index in [1.54, 1.807) is 18.0 Å². The van der Waals surface area contributed by atoms with Crippen molar-refractivity contribution in [3.63, 3.8) is 0 Å². The molecule has 0 saturated carbocycles. The van der Waals surface area contributed by atoms with Gasteiger partial charge in [-0.25, -0.2) is 8.78 Å². The summed E-state index contributed by atoms with van der Waals surface area (Å²) in [6, 6.07) is 5.28. The molecule has 1 amide bonds. The Hall–Kier alpha value is -2.32. The van der Waals surface area contributed by atoms with Gasteiger partial charge in [-0.2, -0.15) is 0 Å². The van der Waals surface area contributed by atoms with Gasteiger partial charge in [0.05, 0.1) is 5.69 Å². The number of benzene rings is 1. The molecule has 6 nitrogen and oxygen atoms in total. The Labute approximate surface area is 150 Å². The Bertz CT molecular complexity index is 769. The van der Waals surface area contributed by atoms with Crippen molar-refractivity contribution in [2.24, 2.45) is 0 Å². The molecule has 0 aliphatic carbocycles. The molecule has 1 N–H and O–H groups in total. The van der Waals surface area contributed by atoms with Gasteiger partial charge in [0.15, 0.2) is 17.2 Å². The summed E-state index contributed by atoms with van der Waals surface area (Å²) in [5, 5.41) is 14.7. The van der Waals surface area contributed by atoms with Gasteiger partial charge >= 0.3 is 0 Å². The number of amides is 1. The Balaban J connectivity index is 1.66. The van der Waals surface area contributed by atoms with E-state index in [0.717, 1.165) is 12.1 Å². The topological polar surface area (TPSA) is 69.8 Å². The Kier molecular flexibility index (Phi) is 5.33. The molecular weight excluding hydrogens is 344 g/mol. The number of likely N-dealkylation sites (N-methyl/N-ethyl adjacent to an activating group) is 1. The summed E-state index contributed by atoms with van der Waals surface area (Å²) in [4.78, 5) is 16.1. The first-order chi connectivity index (χ1) is 12.4. The Morgan fingerprint density at radius 1 is 1.35 bits per heavy atom. The molecule has 0 spiro atoms. The molecule has 0 radical (unpaired) electrons. The van der Waals surface area contributed by atoms with E-state index < -0.39 is 23.1 Å². The standard InChI is InChI=1S/C18H21F2N3O3/c1-22(11-14-5-8-26-21-14)12-18(25)6-2-7-23(17(18)24)10-13-3-4-15(19)16(20)9-13/h3-5,8-9,25H,2,6-7,10-12H2,1H3/t18-/m1/s1. The van der Waals surface area contributed by atoms with Gasteiger partial charge in [-0.1, -0.05) is 11.2 Å². The molecule has 2 heterocycles. The summed E-state index contributed by atoms with van der Waals surface area (Å²) in [6.45, 7) is 1.18. The molecule has 26 heavy (non-hydrogen) atoms. The van der Waals surface area contributed by atoms with Crippen molar-refractivity contribution >= 4 is 5.91 Å². The van der Waals surface area contributed by atoms with Crippen molar-refractivity contribution in [3.05, 3.63) is 53.4 Å². The van der Waals surface area contributed by atoms with Crippen molar-refractivity contribution in [2.75, 3.05) is 20.1 Å². The summed E-state index contributed by atoms with van der Waals surface area (Å²) in [7, 11) is 1.79. The van der Waals surface area contributed by atoms with Gasteiger partial charge in [0.25, 0.3) is 5.91 Å². The zero-order valence-electron chi connectivity index (χ0n) is 14.5. The van der Waals surface area contributed by atoms with Crippen LogP contribution in [0.2, 0.25) is 0 Å². The summed E-state index contributed by atoms with van der Waals surface area (Å²) in [5.41, 5.74) is -0.328. The predicted molar refractivity (Wildman–Crippen MR) is 88.8 cm³/mol. The molecule has 1 aliphatic rings. The van der Waals surface area contributed by atoms with Gasteiger partial charge in [0.2, 0.25) is 0 Å². The maximum atomic E-state index is 13.4. The predicted octanol–water partition coefficient (Wildman–Crippen LogP) is 1.94. The average molecular weight is 365 g/mol. The number of hydrogen-bond donors (Lipinski definition) is 1. The minimum atomic E-state index is -1.52. The van der Waals surface area contributed by atoms with Crippen LogP contribution in [0.25, 0.3) is 0 Å². The van der Waals surface area contributed by atoms with E-state index in [4.69, 9.17) is 4.52 Å². The van der Waals surface area contributed by atoms with E-state index in [2.05, 4.69) is 5.16 Å². The van der Waals surface area contributed by atoms with Crippen LogP contribution in [-0.2, 0) is 17.9 Å². The molecule has 1 aliphatic heterocycles. The van der Waals surface area contributed by atoms with Crippen molar-refractivity contribution in [3.8, 4) is 0 Å². The van der Waals surface area contributed by atoms with Gasteiger partial charge in [0.1, 0.15) is 6.26 Å². The molecule has 8 heteroatoms. The first kappa shape index (κ1) is 18.5. The maximum Gasteiger partial charge on any atom is 0.256 e. The zero-order chi connectivity index (χ0) is 18.7. The quantitative estimate of drug-likeness (QED) is 0.847. The number of halogens is 2. The Morgan fingerprint density at radius 2 is 2.15 bits per heavy atom. The molecule has 0 bridgehead atoms. The van der Waals surface area contributed by atoms with Crippen molar-refractivity contribution in [2.45, 2.75) is 31.5 Å². The number of aliphatic hydroxyl groups is 1. The highest BCUT2D eigenvalue weighted by Crippen LogP contribution is 2.26. The largest absolute Gasteiger partial charge is 0.379 e. The summed E-state index contributed by atoms with van der Waals surface area (Å²) >= 11 is 0. The van der Waals surface area contributed by atoms with Gasteiger partial charge in [-0.15, -0.1) is 0 Å². The average Bonchev–Trinajstić information content (AvgIpc) is 3.08. The molecule has 1 aromatic carbocycles. The highest BCUT2D eigenvalue weighted by Gasteiger charge is 2.42. The molecule has 2 aromatic rings. The third-order valence-corrected chi connectivity index (χ3v) is 4.52. The van der Waals surface area contributed by atoms with Crippen LogP contribution in [-0.4, -0.2) is 51.7 Å². The van der Waals surface area contributed by atoms with Gasteiger partial charge in [-0.05, 0) is 37.6 Å². The van der Waals surface area contributed by atoms with E-state index in [0.29, 0.717) is 37.2 Å². The van der Waals surface area contributed by atoms with E-state index in [1.165, 1.54) is 17.2 Å². The normalized spacial score (nSPS) is 20.8. The lowest BCUT2D eigenvalue weighted by atomic mass is 9.90. The van der Waals surface area contributed by atoms with Crippen LogP contribution in [0.4, 0.5) is 8.78 Å². The number of piperidine rings is 1. The van der Waals surface area contributed by atoms with Crippen LogP contribution in [0.1, 0.15) is 24.1 Å². The summed E-state index contributed by atoms with van der Waals surface area (Å²) < 4.78 is 31.2. The molecule has 140 valence electrons. The fourth-order valence-electron chi connectivity index (χ4n) is 3.32. The first-order valence-corrected chi connectivity index (χ1v) is 8.41. The van der Waals surface area contributed by atoms with Gasteiger partial charge in [0, 0.05) is 32.2 Å². The molecule has 0 unspecified atom stereocenters. The van der Waals surface area contributed by atoms with Crippen molar-refractivity contribution < 1.29 is 23.2 Å². The third-order valence-electron chi connectivity index (χ3n) is 4.52. The van der Waals surface area contributed by atoms with Crippen LogP contribution >= 0.6 is 0 Å². The number of likely N-dealkylation sites (tertiary alicyclic amines) is 1. The second-order valence-electron chi connectivity index (χ2n) is 6.77. The smallest absolute Gasteiger partial charge is 0.256 e. The fourth-order valence-corrected chi connectivity index (χ4v) is 3.32. The summed E-state index contributed by atoms with van der Waals surface area (Å²) in [5.74, 6) is -2.28. The monoisotopic (exact) mass is 365 g/mol. The van der Waals surface area contributed by atoms with E-state index >= 15 is 0 Å². The third kappa shape index (κ3) is 4.08. The zero-order valence-corrected chi connectivity index (χ0v) is 14.5. The number of carbonyl (C=O) groups is 1. The van der Waals surface area contributed by atoms with Crippen molar-refractivity contribution in [1.29, 1.82) is 0 Å². The first-order valence-electron chi connectivity index (χ1n) is 8.41. The lowest BCUT2D eigenvalue weighted by molar-refractivity contribution is -0.160. The second-order valence-corrected chi connectivity index (χ2v) is 6.77. The van der Waals surface area contributed by atoms with Crippen molar-refractivity contribution in [1.82, 2.24) is 15.0 Å². The number of rotatable bonds is 6. The highest BCUT2D eigenvalue weighted by atomic mass is 19.2. The molecule has 1 saturated heterocycles. The minimum Gasteiger partial charge on any atom is -0.379 e. The van der Waals surface area contributed by atoms with Crippen LogP contribution < -0.4 is 0 Å². The molecule has 1 fully saturated rings. The molecule has 1 aromatic heterocycles. The maximum absolute atomic E-state index is 13.4. The summed E-state index contributed by atoms with van der Waals surface area (Å²) in [6.07, 6.45) is 2.44. The fraction of sp³-hybridized carbons (Fsp3) is 0.444. The molecule has 3 rings (SSSR count). The van der Waals surface area contributed by atoms with E-state index in [1.807, 2.05) is 0 Å². The van der Waals surface area contributed by atoms with E-state index in [9.17, 15) is 18.7 Å². The molecular formula is C18H21F2N3O3. The van der Waals surface area contributed by atoms with Crippen LogP contribution in [0.15, 0.2) is 35.1 Å². The second kappa shape index (κ2) is 7.51. The van der Waals surface area contributed by atoms with Crippen LogP contribution in [0.5, 0.6) is 0 Å². The number of nitrogens with zero attached hydrogens (tertiary/aromatic N) is 3. The number of hydrogen-bond acceptors (Lipinski definition) is 5. The molecule has 1 atom stereocenters. The van der Waals surface area contributed by atoms with Gasteiger partial charge in [-0.3, -0.25) is 9.69 Å². The number of carbonyl (C=O) groups excluding carboxylic acids is 1. The van der Waals surface area contributed by atoms with Crippen LogP contribution in [0.3, 0.4) is 0 Å². The SMILES string of the molecule is CN(Cc1ccon1)C[C@]1(O)CCCN(Cc2ccc(F)c(F)c2)C1=O. The lowest BCUT2D eigenvalue weighted by Gasteiger charge is -2.40. The van der Waals surface area contributed by atoms with Gasteiger partial charge < -0.3 is 14.5 Å². The van der Waals surface area contributed by atoms with E-state index in [-0.39, 0.29) is 13.1 Å². The Morgan fingerprint density at radius 3 is 2.85 bits per heavy atom. The highest BCUT2D eigenvalue weighted by molar-refractivity contribution is 5.86. The van der Waals surface area contributed by atoms with Crippen LogP contribution in [0, 0.1) is 11.6 Å². The lowest BCUT2D eigenvalue weighted by Crippen LogP contribution is -2.57. The minimum absolute atomic E-state index is 0.130.